The summed E-state index contributed by atoms with van der Waals surface area (Å²) in [6.07, 6.45) is 0. The van der Waals surface area contributed by atoms with Gasteiger partial charge in [0.25, 0.3) is 0 Å². The van der Waals surface area contributed by atoms with Crippen molar-refractivity contribution in [3.05, 3.63) is 217 Å². The molecule has 6 nitrogen and oxygen atoms in total. The van der Waals surface area contributed by atoms with Gasteiger partial charge in [-0.3, -0.25) is 0 Å². The van der Waals surface area contributed by atoms with E-state index in [0.717, 1.165) is 67.1 Å². The second-order valence-electron chi connectivity index (χ2n) is 15.9. The number of aryl methyl sites for hydroxylation is 2. The fourth-order valence-electron chi connectivity index (χ4n) is 8.62. The molecule has 0 aliphatic carbocycles. The van der Waals surface area contributed by atoms with Crippen LogP contribution in [0.3, 0.4) is 0 Å². The Labute approximate surface area is 365 Å². The Bertz CT molecular complexity index is 3320. The Kier molecular flexibility index (Phi) is 9.51. The quantitative estimate of drug-likeness (QED) is 0.153. The SMILES string of the molecule is Cc1cc(C)cc(-c2ccc3c4ccccc4n(-c4ccc(-c5nc(-c6ccccc6)nc(-c6ccccc6)n5)cc4-c4cc(-c5ccccc5)nc(-c5ccccc5)n4)c3c2)c1. The Morgan fingerprint density at radius 1 is 0.302 bits per heavy atom. The van der Waals surface area contributed by atoms with E-state index in [1.807, 2.05) is 97.1 Å². The van der Waals surface area contributed by atoms with Gasteiger partial charge in [0.05, 0.1) is 28.1 Å². The van der Waals surface area contributed by atoms with Gasteiger partial charge in [-0.2, -0.15) is 0 Å². The maximum absolute atomic E-state index is 5.40. The highest BCUT2D eigenvalue weighted by Gasteiger charge is 2.21. The minimum Gasteiger partial charge on any atom is -0.309 e. The van der Waals surface area contributed by atoms with Crippen molar-refractivity contribution in [1.29, 1.82) is 0 Å². The first-order valence-corrected chi connectivity index (χ1v) is 21.2. The molecule has 0 atom stereocenters. The molecule has 0 spiro atoms. The largest absolute Gasteiger partial charge is 0.309 e. The molecule has 11 rings (SSSR count). The summed E-state index contributed by atoms with van der Waals surface area (Å²) in [7, 11) is 0. The lowest BCUT2D eigenvalue weighted by atomic mass is 9.99. The molecule has 0 saturated carbocycles. The van der Waals surface area contributed by atoms with Gasteiger partial charge >= 0.3 is 0 Å². The zero-order valence-electron chi connectivity index (χ0n) is 34.8. The van der Waals surface area contributed by atoms with Crippen molar-refractivity contribution in [2.45, 2.75) is 13.8 Å². The Balaban J connectivity index is 1.21. The lowest BCUT2D eigenvalue weighted by Gasteiger charge is -2.17. The van der Waals surface area contributed by atoms with E-state index in [1.165, 1.54) is 27.5 Å². The van der Waals surface area contributed by atoms with Gasteiger partial charge in [0, 0.05) is 44.2 Å². The van der Waals surface area contributed by atoms with Crippen LogP contribution >= 0.6 is 0 Å². The third-order valence-electron chi connectivity index (χ3n) is 11.5. The van der Waals surface area contributed by atoms with Crippen molar-refractivity contribution in [1.82, 2.24) is 29.5 Å². The summed E-state index contributed by atoms with van der Waals surface area (Å²) in [6.45, 7) is 4.32. The summed E-state index contributed by atoms with van der Waals surface area (Å²) in [5, 5.41) is 2.34. The van der Waals surface area contributed by atoms with Gasteiger partial charge in [-0.1, -0.05) is 181 Å². The maximum atomic E-state index is 5.40. The topological polar surface area (TPSA) is 69.4 Å². The summed E-state index contributed by atoms with van der Waals surface area (Å²) in [5.74, 6) is 2.41. The number of hydrogen-bond acceptors (Lipinski definition) is 5. The average molecular weight is 809 g/mol. The zero-order chi connectivity index (χ0) is 42.3. The molecule has 11 aromatic rings. The molecule has 0 fully saturated rings. The Morgan fingerprint density at radius 2 is 0.778 bits per heavy atom. The molecule has 0 saturated heterocycles. The first-order chi connectivity index (χ1) is 31.0. The van der Waals surface area contributed by atoms with E-state index in [4.69, 9.17) is 24.9 Å². The predicted molar refractivity (Wildman–Crippen MR) is 257 cm³/mol. The molecule has 63 heavy (non-hydrogen) atoms. The molecule has 6 heteroatoms. The molecule has 0 aliphatic heterocycles. The van der Waals surface area contributed by atoms with Gasteiger partial charge in [0.1, 0.15) is 0 Å². The normalized spacial score (nSPS) is 11.3. The maximum Gasteiger partial charge on any atom is 0.164 e. The minimum absolute atomic E-state index is 0.565. The van der Waals surface area contributed by atoms with Crippen molar-refractivity contribution in [2.75, 3.05) is 0 Å². The number of fused-ring (bicyclic) bond motifs is 3. The number of para-hydroxylation sites is 1. The third-order valence-corrected chi connectivity index (χ3v) is 11.5. The summed E-state index contributed by atoms with van der Waals surface area (Å²) in [5.41, 5.74) is 15.1. The van der Waals surface area contributed by atoms with E-state index in [9.17, 15) is 0 Å². The standard InChI is InChI=1S/C57H40N6/c1-37-31-38(2)33-45(32-37)43-27-29-47-46-25-15-16-26-51(46)63(53(47)35-43)52-30-28-44(57-61-55(41-21-11-5-12-22-41)60-56(62-57)42-23-13-6-14-24-42)34-48(52)50-36-49(39-17-7-3-8-18-39)58-54(59-50)40-19-9-4-10-20-40/h3-36H,1-2H3. The van der Waals surface area contributed by atoms with E-state index in [0.29, 0.717) is 23.3 Å². The smallest absolute Gasteiger partial charge is 0.164 e. The average Bonchev–Trinajstić information content (AvgIpc) is 3.68. The molecule has 0 aliphatic rings. The highest BCUT2D eigenvalue weighted by atomic mass is 15.0. The number of rotatable bonds is 8. The molecular formula is C57H40N6. The number of aromatic nitrogens is 6. The monoisotopic (exact) mass is 808 g/mol. The van der Waals surface area contributed by atoms with Crippen LogP contribution in [-0.4, -0.2) is 29.5 Å². The van der Waals surface area contributed by atoms with Crippen LogP contribution in [0.5, 0.6) is 0 Å². The molecule has 3 aromatic heterocycles. The summed E-state index contributed by atoms with van der Waals surface area (Å²) < 4.78 is 2.39. The van der Waals surface area contributed by atoms with E-state index < -0.39 is 0 Å². The Hall–Kier alpha value is -8.35. The summed E-state index contributed by atoms with van der Waals surface area (Å²) in [6, 6.07) is 71.6. The number of nitrogens with zero attached hydrogens (tertiary/aromatic N) is 6. The second-order valence-corrected chi connectivity index (χ2v) is 15.9. The molecule has 0 N–H and O–H groups in total. The minimum atomic E-state index is 0.565. The van der Waals surface area contributed by atoms with Crippen molar-refractivity contribution in [2.24, 2.45) is 0 Å². The van der Waals surface area contributed by atoms with Gasteiger partial charge in [-0.25, -0.2) is 24.9 Å². The molecule has 0 bridgehead atoms. The van der Waals surface area contributed by atoms with Gasteiger partial charge in [-0.15, -0.1) is 0 Å². The van der Waals surface area contributed by atoms with Crippen LogP contribution < -0.4 is 0 Å². The van der Waals surface area contributed by atoms with E-state index in [2.05, 4.69) is 128 Å². The van der Waals surface area contributed by atoms with Gasteiger partial charge in [0.2, 0.25) is 0 Å². The van der Waals surface area contributed by atoms with Crippen LogP contribution in [0.2, 0.25) is 0 Å². The van der Waals surface area contributed by atoms with Gasteiger partial charge in [0.15, 0.2) is 23.3 Å². The zero-order valence-corrected chi connectivity index (χ0v) is 34.8. The number of hydrogen-bond donors (Lipinski definition) is 0. The van der Waals surface area contributed by atoms with Crippen LogP contribution in [-0.2, 0) is 0 Å². The van der Waals surface area contributed by atoms with Gasteiger partial charge in [-0.05, 0) is 61.4 Å². The fourth-order valence-corrected chi connectivity index (χ4v) is 8.62. The van der Waals surface area contributed by atoms with E-state index in [1.54, 1.807) is 0 Å². The van der Waals surface area contributed by atoms with E-state index >= 15 is 0 Å². The molecule has 0 amide bonds. The van der Waals surface area contributed by atoms with E-state index in [-0.39, 0.29) is 0 Å². The van der Waals surface area contributed by atoms with Crippen LogP contribution in [0.4, 0.5) is 0 Å². The lowest BCUT2D eigenvalue weighted by Crippen LogP contribution is -2.03. The van der Waals surface area contributed by atoms with Crippen LogP contribution in [0.1, 0.15) is 11.1 Å². The highest BCUT2D eigenvalue weighted by molar-refractivity contribution is 6.11. The molecule has 0 radical (unpaired) electrons. The highest BCUT2D eigenvalue weighted by Crippen LogP contribution is 2.40. The number of benzene rings is 8. The van der Waals surface area contributed by atoms with Crippen LogP contribution in [0.15, 0.2) is 206 Å². The molecule has 3 heterocycles. The molecule has 0 unspecified atom stereocenters. The molecule has 8 aromatic carbocycles. The van der Waals surface area contributed by atoms with Gasteiger partial charge < -0.3 is 4.57 Å². The van der Waals surface area contributed by atoms with Crippen molar-refractivity contribution in [3.63, 3.8) is 0 Å². The fraction of sp³-hybridized carbons (Fsp3) is 0.0351. The summed E-state index contributed by atoms with van der Waals surface area (Å²) >= 11 is 0. The van der Waals surface area contributed by atoms with Crippen LogP contribution in [0.25, 0.3) is 107 Å². The molecular weight excluding hydrogens is 769 g/mol. The predicted octanol–water partition coefficient (Wildman–Crippen LogP) is 14.0. The third kappa shape index (κ3) is 7.23. The van der Waals surface area contributed by atoms with Crippen molar-refractivity contribution in [3.8, 4) is 84.9 Å². The Morgan fingerprint density at radius 3 is 1.38 bits per heavy atom. The lowest BCUT2D eigenvalue weighted by molar-refractivity contribution is 1.07. The first kappa shape index (κ1) is 37.6. The first-order valence-electron chi connectivity index (χ1n) is 21.2. The summed E-state index contributed by atoms with van der Waals surface area (Å²) in [4.78, 5) is 25.9. The van der Waals surface area contributed by atoms with Crippen LogP contribution in [0, 0.1) is 13.8 Å². The molecule has 298 valence electrons. The van der Waals surface area contributed by atoms with Crippen molar-refractivity contribution < 1.29 is 0 Å². The van der Waals surface area contributed by atoms with Crippen molar-refractivity contribution >= 4 is 21.8 Å². The second kappa shape index (κ2) is 15.9.